The van der Waals surface area contributed by atoms with Gasteiger partial charge in [0.1, 0.15) is 6.61 Å². The summed E-state index contributed by atoms with van der Waals surface area (Å²) in [7, 11) is 0. The molecule has 0 fully saturated rings. The molecule has 2 heteroatoms. The first kappa shape index (κ1) is 22.7. The van der Waals surface area contributed by atoms with Crippen LogP contribution >= 0.6 is 0 Å². The molecule has 0 heterocycles. The number of esters is 1. The second-order valence-corrected chi connectivity index (χ2v) is 7.64. The predicted molar refractivity (Wildman–Crippen MR) is 111 cm³/mol. The van der Waals surface area contributed by atoms with Gasteiger partial charge in [-0.3, -0.25) is 4.79 Å². The average Bonchev–Trinajstić information content (AvgIpc) is 2.65. The Bertz CT molecular complexity index is 450. The number of rotatable bonds is 16. The molecule has 0 amide bonds. The van der Waals surface area contributed by atoms with Crippen LogP contribution in [0.25, 0.3) is 0 Å². The first-order valence-electron chi connectivity index (χ1n) is 10.9. The smallest absolute Gasteiger partial charge is 0.306 e. The molecule has 0 saturated carbocycles. The van der Waals surface area contributed by atoms with Crippen LogP contribution in [-0.4, -0.2) is 5.97 Å². The Hall–Kier alpha value is -1.31. The summed E-state index contributed by atoms with van der Waals surface area (Å²) in [4.78, 5) is 11.8. The summed E-state index contributed by atoms with van der Waals surface area (Å²) in [5.41, 5.74) is 2.29. The average molecular weight is 361 g/mol. The third-order valence-corrected chi connectivity index (χ3v) is 5.00. The topological polar surface area (TPSA) is 26.3 Å². The Labute approximate surface area is 161 Å². The Balaban J connectivity index is 1.83. The molecule has 0 N–H and O–H groups in total. The van der Waals surface area contributed by atoms with Crippen molar-refractivity contribution in [3.63, 3.8) is 0 Å². The predicted octanol–water partition coefficient (Wildman–Crippen LogP) is 7.52. The summed E-state index contributed by atoms with van der Waals surface area (Å²) >= 11 is 0. The molecular formula is C24H40O2. The molecule has 0 unspecified atom stereocenters. The van der Waals surface area contributed by atoms with E-state index in [1.54, 1.807) is 0 Å². The highest BCUT2D eigenvalue weighted by Gasteiger charge is 2.03. The van der Waals surface area contributed by atoms with Gasteiger partial charge in [0.15, 0.2) is 0 Å². The van der Waals surface area contributed by atoms with E-state index in [4.69, 9.17) is 4.74 Å². The lowest BCUT2D eigenvalue weighted by molar-refractivity contribution is -0.145. The molecule has 0 aliphatic carbocycles. The molecule has 0 bridgehead atoms. The van der Waals surface area contributed by atoms with Crippen LogP contribution in [0.4, 0.5) is 0 Å². The van der Waals surface area contributed by atoms with Crippen molar-refractivity contribution in [2.24, 2.45) is 0 Å². The van der Waals surface area contributed by atoms with Gasteiger partial charge in [0.25, 0.3) is 0 Å². The number of hydrogen-bond acceptors (Lipinski definition) is 2. The van der Waals surface area contributed by atoms with Gasteiger partial charge >= 0.3 is 5.97 Å². The van der Waals surface area contributed by atoms with E-state index >= 15 is 0 Å². The van der Waals surface area contributed by atoms with E-state index in [0.29, 0.717) is 13.0 Å². The fraction of sp³-hybridized carbons (Fsp3) is 0.708. The van der Waals surface area contributed by atoms with Crippen molar-refractivity contribution in [2.45, 2.75) is 110 Å². The standard InChI is InChI=1S/C24H40O2/c1-3-4-5-6-7-8-9-10-11-12-13-14-15-16-24(25)26-21-23-19-17-22(2)18-20-23/h17-20H,3-16,21H2,1-2H3. The van der Waals surface area contributed by atoms with Crippen LogP contribution in [0, 0.1) is 6.92 Å². The molecule has 2 nitrogen and oxygen atoms in total. The summed E-state index contributed by atoms with van der Waals surface area (Å²) in [6, 6.07) is 8.15. The van der Waals surface area contributed by atoms with E-state index in [9.17, 15) is 4.79 Å². The van der Waals surface area contributed by atoms with Crippen molar-refractivity contribution in [3.05, 3.63) is 35.4 Å². The van der Waals surface area contributed by atoms with Gasteiger partial charge < -0.3 is 4.74 Å². The molecule has 148 valence electrons. The number of unbranched alkanes of at least 4 members (excludes halogenated alkanes) is 12. The van der Waals surface area contributed by atoms with E-state index in [0.717, 1.165) is 18.4 Å². The summed E-state index contributed by atoms with van der Waals surface area (Å²) in [6.45, 7) is 4.73. The number of aryl methyl sites for hydroxylation is 1. The maximum absolute atomic E-state index is 11.8. The minimum atomic E-state index is -0.0614. The number of ether oxygens (including phenoxy) is 1. The molecule has 0 spiro atoms. The number of hydrogen-bond donors (Lipinski definition) is 0. The highest BCUT2D eigenvalue weighted by Crippen LogP contribution is 2.13. The van der Waals surface area contributed by atoms with Crippen molar-refractivity contribution < 1.29 is 9.53 Å². The zero-order valence-electron chi connectivity index (χ0n) is 17.2. The van der Waals surface area contributed by atoms with Crippen LogP contribution in [0.1, 0.15) is 108 Å². The number of carbonyl (C=O) groups is 1. The molecule has 0 radical (unpaired) electrons. The molecule has 0 atom stereocenters. The minimum absolute atomic E-state index is 0.0614. The quantitative estimate of drug-likeness (QED) is 0.225. The Morgan fingerprint density at radius 1 is 0.731 bits per heavy atom. The Morgan fingerprint density at radius 3 is 1.69 bits per heavy atom. The van der Waals surface area contributed by atoms with Crippen molar-refractivity contribution in [2.75, 3.05) is 0 Å². The van der Waals surface area contributed by atoms with Crippen molar-refractivity contribution >= 4 is 5.97 Å². The Morgan fingerprint density at radius 2 is 1.19 bits per heavy atom. The fourth-order valence-electron chi connectivity index (χ4n) is 3.21. The van der Waals surface area contributed by atoms with Crippen LogP contribution < -0.4 is 0 Å². The zero-order valence-corrected chi connectivity index (χ0v) is 17.2. The van der Waals surface area contributed by atoms with E-state index in [1.165, 1.54) is 76.2 Å². The monoisotopic (exact) mass is 360 g/mol. The van der Waals surface area contributed by atoms with Gasteiger partial charge in [0.05, 0.1) is 0 Å². The lowest BCUT2D eigenvalue weighted by atomic mass is 10.0. The molecule has 0 aromatic heterocycles. The molecule has 1 aromatic carbocycles. The lowest BCUT2D eigenvalue weighted by Crippen LogP contribution is -2.04. The van der Waals surface area contributed by atoms with Gasteiger partial charge in [-0.2, -0.15) is 0 Å². The van der Waals surface area contributed by atoms with Crippen LogP contribution in [0.2, 0.25) is 0 Å². The molecule has 0 aliphatic rings. The van der Waals surface area contributed by atoms with Crippen LogP contribution in [0.3, 0.4) is 0 Å². The first-order valence-corrected chi connectivity index (χ1v) is 10.9. The Kier molecular flexibility index (Phi) is 13.9. The van der Waals surface area contributed by atoms with Crippen molar-refractivity contribution in [3.8, 4) is 0 Å². The van der Waals surface area contributed by atoms with E-state index in [-0.39, 0.29) is 5.97 Å². The summed E-state index contributed by atoms with van der Waals surface area (Å²) in [5, 5.41) is 0. The van der Waals surface area contributed by atoms with Gasteiger partial charge in [-0.15, -0.1) is 0 Å². The second-order valence-electron chi connectivity index (χ2n) is 7.64. The zero-order chi connectivity index (χ0) is 18.9. The van der Waals surface area contributed by atoms with Gasteiger partial charge in [0, 0.05) is 6.42 Å². The third kappa shape index (κ3) is 13.0. The first-order chi connectivity index (χ1) is 12.7. The molecule has 0 aliphatic heterocycles. The van der Waals surface area contributed by atoms with Gasteiger partial charge in [-0.05, 0) is 18.9 Å². The fourth-order valence-corrected chi connectivity index (χ4v) is 3.21. The summed E-state index contributed by atoms with van der Waals surface area (Å²) < 4.78 is 5.34. The normalized spacial score (nSPS) is 10.8. The molecule has 1 aromatic rings. The summed E-state index contributed by atoms with van der Waals surface area (Å²) in [5.74, 6) is -0.0614. The molecule has 26 heavy (non-hydrogen) atoms. The van der Waals surface area contributed by atoms with Crippen molar-refractivity contribution in [1.29, 1.82) is 0 Å². The number of carbonyl (C=O) groups excluding carboxylic acids is 1. The van der Waals surface area contributed by atoms with E-state index < -0.39 is 0 Å². The maximum atomic E-state index is 11.8. The minimum Gasteiger partial charge on any atom is -0.461 e. The van der Waals surface area contributed by atoms with Crippen LogP contribution in [0.15, 0.2) is 24.3 Å². The van der Waals surface area contributed by atoms with Gasteiger partial charge in [0.2, 0.25) is 0 Å². The SMILES string of the molecule is CCCCCCCCCCCCCCCC(=O)OCc1ccc(C)cc1. The molecular weight excluding hydrogens is 320 g/mol. The highest BCUT2D eigenvalue weighted by molar-refractivity contribution is 5.69. The number of benzene rings is 1. The second kappa shape index (κ2) is 15.9. The van der Waals surface area contributed by atoms with Gasteiger partial charge in [-0.25, -0.2) is 0 Å². The van der Waals surface area contributed by atoms with Crippen molar-refractivity contribution in [1.82, 2.24) is 0 Å². The van der Waals surface area contributed by atoms with E-state index in [2.05, 4.69) is 26.0 Å². The lowest BCUT2D eigenvalue weighted by Gasteiger charge is -2.06. The van der Waals surface area contributed by atoms with E-state index in [1.807, 2.05) is 12.1 Å². The van der Waals surface area contributed by atoms with Gasteiger partial charge in [-0.1, -0.05) is 114 Å². The summed E-state index contributed by atoms with van der Waals surface area (Å²) in [6.07, 6.45) is 17.8. The molecule has 1 rings (SSSR count). The largest absolute Gasteiger partial charge is 0.461 e. The molecule has 0 saturated heterocycles. The van der Waals surface area contributed by atoms with Crippen LogP contribution in [0.5, 0.6) is 0 Å². The highest BCUT2D eigenvalue weighted by atomic mass is 16.5. The van der Waals surface area contributed by atoms with Crippen LogP contribution in [-0.2, 0) is 16.1 Å². The third-order valence-electron chi connectivity index (χ3n) is 5.00. The maximum Gasteiger partial charge on any atom is 0.306 e.